The average molecular weight is 470 g/mol. The number of nitrogens with zero attached hydrogens (tertiary/aromatic N) is 3. The first kappa shape index (κ1) is 22.3. The average Bonchev–Trinajstić information content (AvgIpc) is 3.30. The Morgan fingerprint density at radius 3 is 2.65 bits per heavy atom. The summed E-state index contributed by atoms with van der Waals surface area (Å²) in [6, 6.07) is 18.5. The summed E-state index contributed by atoms with van der Waals surface area (Å²) in [6.07, 6.45) is 1.81. The van der Waals surface area contributed by atoms with E-state index < -0.39 is 0 Å². The number of rotatable bonds is 7. The maximum Gasteiger partial charge on any atom is 0.272 e. The highest BCUT2D eigenvalue weighted by Gasteiger charge is 2.15. The van der Waals surface area contributed by atoms with Gasteiger partial charge in [0.1, 0.15) is 11.3 Å². The Morgan fingerprint density at radius 1 is 1.03 bits per heavy atom. The van der Waals surface area contributed by atoms with Gasteiger partial charge < -0.3 is 10.3 Å². The minimum absolute atomic E-state index is 0.162. The van der Waals surface area contributed by atoms with Crippen LogP contribution in [-0.4, -0.2) is 39.6 Å². The van der Waals surface area contributed by atoms with Crippen molar-refractivity contribution in [1.29, 1.82) is 0 Å². The van der Waals surface area contributed by atoms with E-state index in [1.54, 1.807) is 11.3 Å². The topological polar surface area (TPSA) is 73.9 Å². The van der Waals surface area contributed by atoms with E-state index in [-0.39, 0.29) is 5.56 Å². The molecular weight excluding hydrogens is 442 g/mol. The molecule has 7 heteroatoms. The van der Waals surface area contributed by atoms with Crippen LogP contribution in [0.5, 0.6) is 0 Å². The zero-order valence-electron chi connectivity index (χ0n) is 19.6. The summed E-state index contributed by atoms with van der Waals surface area (Å²) in [5.74, 6) is 0. The fourth-order valence-electron chi connectivity index (χ4n) is 4.12. The molecule has 0 atom stereocenters. The first-order valence-electron chi connectivity index (χ1n) is 11.5. The summed E-state index contributed by atoms with van der Waals surface area (Å²) >= 11 is 1.70. The van der Waals surface area contributed by atoms with E-state index in [0.717, 1.165) is 51.1 Å². The van der Waals surface area contributed by atoms with Gasteiger partial charge in [-0.3, -0.25) is 14.7 Å². The third kappa shape index (κ3) is 4.32. The zero-order valence-corrected chi connectivity index (χ0v) is 20.4. The number of fused-ring (bicyclic) bond motifs is 2. The van der Waals surface area contributed by atoms with Gasteiger partial charge in [-0.05, 0) is 68.0 Å². The van der Waals surface area contributed by atoms with Crippen LogP contribution in [0.15, 0.2) is 65.6 Å². The number of aryl methyl sites for hydroxylation is 1. The van der Waals surface area contributed by atoms with Crippen LogP contribution >= 0.6 is 11.3 Å². The fraction of sp³-hybridized carbons (Fsp3) is 0.222. The van der Waals surface area contributed by atoms with E-state index >= 15 is 0 Å². The van der Waals surface area contributed by atoms with E-state index in [0.29, 0.717) is 18.0 Å². The second-order valence-electron chi connectivity index (χ2n) is 8.29. The Kier molecular flexibility index (Phi) is 6.13. The van der Waals surface area contributed by atoms with E-state index in [1.807, 2.05) is 24.4 Å². The lowest BCUT2D eigenvalue weighted by Gasteiger charge is -2.19. The van der Waals surface area contributed by atoms with Crippen LogP contribution in [0.1, 0.15) is 18.7 Å². The number of aromatic nitrogens is 3. The van der Waals surface area contributed by atoms with Gasteiger partial charge in [-0.2, -0.15) is 0 Å². The minimum Gasteiger partial charge on any atom is -0.368 e. The predicted octanol–water partition coefficient (Wildman–Crippen LogP) is 5.89. The Morgan fingerprint density at radius 2 is 1.88 bits per heavy atom. The van der Waals surface area contributed by atoms with E-state index in [2.05, 4.69) is 77.4 Å². The van der Waals surface area contributed by atoms with Crippen molar-refractivity contribution in [2.75, 3.05) is 25.1 Å². The molecule has 34 heavy (non-hydrogen) atoms. The molecule has 0 amide bonds. The lowest BCUT2D eigenvalue weighted by atomic mass is 9.99. The van der Waals surface area contributed by atoms with E-state index in [9.17, 15) is 4.79 Å². The van der Waals surface area contributed by atoms with Crippen LogP contribution in [0, 0.1) is 6.92 Å². The molecule has 0 unspecified atom stereocenters. The van der Waals surface area contributed by atoms with Crippen molar-refractivity contribution in [1.82, 2.24) is 19.9 Å². The van der Waals surface area contributed by atoms with E-state index in [1.165, 1.54) is 4.88 Å². The molecule has 5 rings (SSSR count). The predicted molar refractivity (Wildman–Crippen MR) is 143 cm³/mol. The first-order valence-corrected chi connectivity index (χ1v) is 12.3. The molecule has 4 heterocycles. The number of nitrogens with one attached hydrogen (secondary N) is 2. The molecule has 5 aromatic rings. The van der Waals surface area contributed by atoms with Crippen molar-refractivity contribution in [3.63, 3.8) is 0 Å². The maximum atomic E-state index is 12.8. The molecular formula is C27H27N5OS. The number of anilines is 1. The fourth-order valence-corrected chi connectivity index (χ4v) is 4.99. The maximum absolute atomic E-state index is 12.8. The molecule has 4 aromatic heterocycles. The van der Waals surface area contributed by atoms with Crippen molar-refractivity contribution >= 4 is 39.0 Å². The van der Waals surface area contributed by atoms with Gasteiger partial charge in [0.2, 0.25) is 0 Å². The lowest BCUT2D eigenvalue weighted by molar-refractivity contribution is 0.326. The van der Waals surface area contributed by atoms with Crippen molar-refractivity contribution in [2.45, 2.75) is 20.8 Å². The highest BCUT2D eigenvalue weighted by atomic mass is 32.1. The monoisotopic (exact) mass is 469 g/mol. The number of thiophene rings is 1. The summed E-state index contributed by atoms with van der Waals surface area (Å²) in [6.45, 7) is 8.76. The van der Waals surface area contributed by atoms with Crippen LogP contribution in [0.3, 0.4) is 0 Å². The number of hydrogen-bond acceptors (Lipinski definition) is 6. The molecule has 0 fully saturated rings. The van der Waals surface area contributed by atoms with Crippen LogP contribution in [-0.2, 0) is 0 Å². The summed E-state index contributed by atoms with van der Waals surface area (Å²) in [5.41, 5.74) is 4.90. The highest BCUT2D eigenvalue weighted by molar-refractivity contribution is 7.15. The van der Waals surface area contributed by atoms with Gasteiger partial charge >= 0.3 is 0 Å². The van der Waals surface area contributed by atoms with Gasteiger partial charge in [0, 0.05) is 27.4 Å². The molecule has 0 saturated heterocycles. The normalized spacial score (nSPS) is 11.5. The third-order valence-corrected chi connectivity index (χ3v) is 7.11. The van der Waals surface area contributed by atoms with Crippen LogP contribution in [0.4, 0.5) is 5.69 Å². The number of hydrogen-bond donors (Lipinski definition) is 2. The molecule has 0 bridgehead atoms. The number of pyridine rings is 3. The van der Waals surface area contributed by atoms with Crippen LogP contribution in [0.25, 0.3) is 43.6 Å². The van der Waals surface area contributed by atoms with Crippen LogP contribution < -0.4 is 10.9 Å². The molecule has 0 aliphatic carbocycles. The van der Waals surface area contributed by atoms with Gasteiger partial charge in [0.15, 0.2) is 0 Å². The largest absolute Gasteiger partial charge is 0.368 e. The third-order valence-electron chi connectivity index (χ3n) is 6.10. The van der Waals surface area contributed by atoms with Gasteiger partial charge in [0.25, 0.3) is 5.56 Å². The Balaban J connectivity index is 1.67. The zero-order chi connectivity index (χ0) is 23.7. The van der Waals surface area contributed by atoms with Crippen molar-refractivity contribution in [2.24, 2.45) is 0 Å². The lowest BCUT2D eigenvalue weighted by Crippen LogP contribution is -2.30. The Bertz CT molecular complexity index is 1530. The summed E-state index contributed by atoms with van der Waals surface area (Å²) in [7, 11) is 0. The summed E-state index contributed by atoms with van der Waals surface area (Å²) in [4.78, 5) is 29.7. The smallest absolute Gasteiger partial charge is 0.272 e. The number of aromatic amines is 1. The Labute approximate surface area is 202 Å². The molecule has 0 spiro atoms. The van der Waals surface area contributed by atoms with Crippen molar-refractivity contribution < 1.29 is 0 Å². The number of benzene rings is 1. The molecule has 0 aliphatic rings. The molecule has 1 aromatic carbocycles. The number of H-pyrrole nitrogens is 1. The van der Waals surface area contributed by atoms with Crippen molar-refractivity contribution in [3.8, 4) is 21.7 Å². The molecule has 0 radical (unpaired) electrons. The van der Waals surface area contributed by atoms with Crippen molar-refractivity contribution in [3.05, 3.63) is 76.0 Å². The van der Waals surface area contributed by atoms with Crippen LogP contribution in [0.2, 0.25) is 0 Å². The minimum atomic E-state index is -0.162. The molecule has 0 aliphatic heterocycles. The van der Waals surface area contributed by atoms with Gasteiger partial charge in [-0.1, -0.05) is 26.0 Å². The molecule has 172 valence electrons. The standard InChI is InChI=1S/C27H27N5OS/c1-4-32(5-2)16-29-23-15-20-14-21(18-9-10-22-19(13-18)7-6-12-28-22)25(24-11-8-17(3)34-24)30-26(20)31-27(23)33/h6-15,29H,4-5,16H2,1-3H3,(H,30,31,33). The summed E-state index contributed by atoms with van der Waals surface area (Å²) in [5, 5.41) is 5.26. The van der Waals surface area contributed by atoms with Gasteiger partial charge in [-0.15, -0.1) is 11.3 Å². The van der Waals surface area contributed by atoms with Gasteiger partial charge in [-0.25, -0.2) is 4.98 Å². The van der Waals surface area contributed by atoms with Gasteiger partial charge in [0.05, 0.1) is 22.8 Å². The van der Waals surface area contributed by atoms with E-state index in [4.69, 9.17) is 4.98 Å². The highest BCUT2D eigenvalue weighted by Crippen LogP contribution is 2.37. The Hall–Kier alpha value is -3.55. The molecule has 2 N–H and O–H groups in total. The molecule has 6 nitrogen and oxygen atoms in total. The quantitative estimate of drug-likeness (QED) is 0.291. The summed E-state index contributed by atoms with van der Waals surface area (Å²) < 4.78 is 0. The SMILES string of the molecule is CCN(CC)CNc1cc2cc(-c3ccc4ncccc4c3)c(-c3ccc(C)s3)nc2[nH]c1=O. The molecule has 0 saturated carbocycles. The second-order valence-corrected chi connectivity index (χ2v) is 9.58. The first-order chi connectivity index (χ1) is 16.6. The second kappa shape index (κ2) is 9.37.